The zero-order valence-electron chi connectivity index (χ0n) is 15.6. The minimum absolute atomic E-state index is 0.00872. The number of nitrogens with zero attached hydrogens (tertiary/aromatic N) is 3. The summed E-state index contributed by atoms with van der Waals surface area (Å²) in [6, 6.07) is 8.75. The first-order valence-electron chi connectivity index (χ1n) is 8.24. The Hall–Kier alpha value is -1.74. The highest BCUT2D eigenvalue weighted by Crippen LogP contribution is 2.27. The summed E-state index contributed by atoms with van der Waals surface area (Å²) in [5.74, 6) is 0.907. The molecule has 0 aliphatic rings. The molecule has 0 bridgehead atoms. The fourth-order valence-electron chi connectivity index (χ4n) is 2.75. The normalized spacial score (nSPS) is 12.0. The second-order valence-electron chi connectivity index (χ2n) is 7.70. The second kappa shape index (κ2) is 6.79. The lowest BCUT2D eigenvalue weighted by Gasteiger charge is -2.24. The van der Waals surface area contributed by atoms with Crippen molar-refractivity contribution in [3.05, 3.63) is 58.2 Å². The van der Waals surface area contributed by atoms with Crippen molar-refractivity contribution in [1.29, 1.82) is 0 Å². The molecule has 3 heteroatoms. The molecule has 0 saturated carbocycles. The van der Waals surface area contributed by atoms with Crippen LogP contribution in [-0.4, -0.2) is 29.0 Å². The lowest BCUT2D eigenvalue weighted by atomic mass is 9.85. The molecule has 0 fully saturated rings. The van der Waals surface area contributed by atoms with Crippen LogP contribution in [0.4, 0.5) is 0 Å². The predicted octanol–water partition coefficient (Wildman–Crippen LogP) is 4.04. The Morgan fingerprint density at radius 1 is 0.957 bits per heavy atom. The van der Waals surface area contributed by atoms with Crippen LogP contribution in [0.25, 0.3) is 0 Å². The molecule has 1 aromatic heterocycles. The van der Waals surface area contributed by atoms with Gasteiger partial charge >= 0.3 is 0 Å². The quantitative estimate of drug-likeness (QED) is 0.853. The highest BCUT2D eigenvalue weighted by Gasteiger charge is 2.23. The SMILES string of the molecule is Cc1ccc(Cc2c(C)nc(CN(C)C)nc2C(C)(C)C)cc1. The van der Waals surface area contributed by atoms with E-state index in [0.29, 0.717) is 0 Å². The summed E-state index contributed by atoms with van der Waals surface area (Å²) in [7, 11) is 4.10. The summed E-state index contributed by atoms with van der Waals surface area (Å²) in [4.78, 5) is 11.8. The molecule has 1 aromatic carbocycles. The van der Waals surface area contributed by atoms with Gasteiger partial charge in [0.25, 0.3) is 0 Å². The average molecular weight is 311 g/mol. The van der Waals surface area contributed by atoms with E-state index >= 15 is 0 Å². The maximum atomic E-state index is 4.91. The van der Waals surface area contributed by atoms with E-state index in [4.69, 9.17) is 9.97 Å². The van der Waals surface area contributed by atoms with Crippen LogP contribution >= 0.6 is 0 Å². The lowest BCUT2D eigenvalue weighted by Crippen LogP contribution is -2.22. The van der Waals surface area contributed by atoms with Gasteiger partial charge in [-0.25, -0.2) is 9.97 Å². The van der Waals surface area contributed by atoms with Crippen molar-refractivity contribution in [3.8, 4) is 0 Å². The van der Waals surface area contributed by atoms with Crippen molar-refractivity contribution in [2.75, 3.05) is 14.1 Å². The van der Waals surface area contributed by atoms with Crippen molar-refractivity contribution >= 4 is 0 Å². The van der Waals surface area contributed by atoms with Crippen molar-refractivity contribution in [2.24, 2.45) is 0 Å². The van der Waals surface area contributed by atoms with E-state index < -0.39 is 0 Å². The van der Waals surface area contributed by atoms with Crippen molar-refractivity contribution in [2.45, 2.75) is 53.0 Å². The van der Waals surface area contributed by atoms with E-state index in [1.54, 1.807) is 0 Å². The maximum absolute atomic E-state index is 4.91. The summed E-state index contributed by atoms with van der Waals surface area (Å²) in [6.07, 6.45) is 0.890. The summed E-state index contributed by atoms with van der Waals surface area (Å²) < 4.78 is 0. The topological polar surface area (TPSA) is 29.0 Å². The van der Waals surface area contributed by atoms with Gasteiger partial charge in [0.2, 0.25) is 0 Å². The summed E-state index contributed by atoms with van der Waals surface area (Å²) >= 11 is 0. The van der Waals surface area contributed by atoms with Crippen LogP contribution in [0, 0.1) is 13.8 Å². The van der Waals surface area contributed by atoms with Crippen molar-refractivity contribution in [3.63, 3.8) is 0 Å². The molecule has 3 nitrogen and oxygen atoms in total. The first-order chi connectivity index (χ1) is 10.7. The largest absolute Gasteiger partial charge is 0.302 e. The van der Waals surface area contributed by atoms with Gasteiger partial charge in [-0.15, -0.1) is 0 Å². The van der Waals surface area contributed by atoms with E-state index in [0.717, 1.165) is 24.5 Å². The molecule has 124 valence electrons. The number of rotatable bonds is 4. The molecule has 2 aromatic rings. The van der Waals surface area contributed by atoms with E-state index in [9.17, 15) is 0 Å². The first-order valence-corrected chi connectivity index (χ1v) is 8.24. The molecule has 2 rings (SSSR count). The molecule has 0 amide bonds. The predicted molar refractivity (Wildman–Crippen MR) is 96.8 cm³/mol. The van der Waals surface area contributed by atoms with Crippen LogP contribution in [-0.2, 0) is 18.4 Å². The third-order valence-corrected chi connectivity index (χ3v) is 3.93. The fraction of sp³-hybridized carbons (Fsp3) is 0.500. The van der Waals surface area contributed by atoms with Gasteiger partial charge in [0, 0.05) is 17.5 Å². The third-order valence-electron chi connectivity index (χ3n) is 3.93. The van der Waals surface area contributed by atoms with E-state index in [2.05, 4.69) is 77.9 Å². The van der Waals surface area contributed by atoms with Crippen LogP contribution in [0.3, 0.4) is 0 Å². The molecule has 0 spiro atoms. The number of benzene rings is 1. The third kappa shape index (κ3) is 4.61. The van der Waals surface area contributed by atoms with Crippen LogP contribution in [0.5, 0.6) is 0 Å². The molecule has 23 heavy (non-hydrogen) atoms. The molecular weight excluding hydrogens is 282 g/mol. The minimum Gasteiger partial charge on any atom is -0.302 e. The Balaban J connectivity index is 2.46. The van der Waals surface area contributed by atoms with E-state index in [1.165, 1.54) is 22.4 Å². The van der Waals surface area contributed by atoms with Crippen LogP contribution in [0.2, 0.25) is 0 Å². The first kappa shape index (κ1) is 17.6. The lowest BCUT2D eigenvalue weighted by molar-refractivity contribution is 0.386. The maximum Gasteiger partial charge on any atom is 0.142 e. The molecule has 0 saturated heterocycles. The molecular formula is C20H29N3. The summed E-state index contributed by atoms with van der Waals surface area (Å²) in [5, 5.41) is 0. The van der Waals surface area contributed by atoms with Crippen LogP contribution < -0.4 is 0 Å². The van der Waals surface area contributed by atoms with Gasteiger partial charge in [0.05, 0.1) is 12.2 Å². The smallest absolute Gasteiger partial charge is 0.142 e. The molecule has 0 atom stereocenters. The highest BCUT2D eigenvalue weighted by atomic mass is 15.1. The monoisotopic (exact) mass is 311 g/mol. The Bertz CT molecular complexity index is 665. The van der Waals surface area contributed by atoms with Crippen molar-refractivity contribution in [1.82, 2.24) is 14.9 Å². The molecule has 0 N–H and O–H groups in total. The zero-order chi connectivity index (χ0) is 17.2. The van der Waals surface area contributed by atoms with Gasteiger partial charge in [-0.2, -0.15) is 0 Å². The Labute approximate surface area is 140 Å². The van der Waals surface area contributed by atoms with Gasteiger partial charge in [-0.1, -0.05) is 50.6 Å². The molecule has 0 radical (unpaired) electrons. The average Bonchev–Trinajstić information content (AvgIpc) is 2.42. The van der Waals surface area contributed by atoms with Gasteiger partial charge in [-0.05, 0) is 39.1 Å². The number of aromatic nitrogens is 2. The summed E-state index contributed by atoms with van der Waals surface area (Å²) in [5.41, 5.74) is 6.15. The Morgan fingerprint density at radius 3 is 2.09 bits per heavy atom. The fourth-order valence-corrected chi connectivity index (χ4v) is 2.75. The highest BCUT2D eigenvalue weighted by molar-refractivity contribution is 5.36. The van der Waals surface area contributed by atoms with Crippen LogP contribution in [0.1, 0.15) is 54.7 Å². The second-order valence-corrected chi connectivity index (χ2v) is 7.70. The van der Waals surface area contributed by atoms with Gasteiger partial charge in [0.1, 0.15) is 5.82 Å². The van der Waals surface area contributed by atoms with E-state index in [1.807, 2.05) is 0 Å². The molecule has 0 aliphatic carbocycles. The summed E-state index contributed by atoms with van der Waals surface area (Å²) in [6.45, 7) is 11.7. The number of aryl methyl sites for hydroxylation is 2. The molecule has 0 unspecified atom stereocenters. The molecule has 1 heterocycles. The van der Waals surface area contributed by atoms with Gasteiger partial charge < -0.3 is 4.90 Å². The van der Waals surface area contributed by atoms with Gasteiger partial charge in [0.15, 0.2) is 0 Å². The number of hydrogen-bond acceptors (Lipinski definition) is 3. The van der Waals surface area contributed by atoms with Crippen LogP contribution in [0.15, 0.2) is 24.3 Å². The minimum atomic E-state index is 0.00872. The molecule has 0 aliphatic heterocycles. The Morgan fingerprint density at radius 2 is 1.57 bits per heavy atom. The van der Waals surface area contributed by atoms with Gasteiger partial charge in [-0.3, -0.25) is 0 Å². The zero-order valence-corrected chi connectivity index (χ0v) is 15.6. The Kier molecular flexibility index (Phi) is 5.20. The standard InChI is InChI=1S/C20H29N3/c1-14-8-10-16(11-9-14)12-17-15(2)21-18(13-23(6)7)22-19(17)20(3,4)5/h8-11H,12-13H2,1-7H3. The van der Waals surface area contributed by atoms with E-state index in [-0.39, 0.29) is 5.41 Å². The van der Waals surface area contributed by atoms with Crippen molar-refractivity contribution < 1.29 is 0 Å². The number of hydrogen-bond donors (Lipinski definition) is 0.